The van der Waals surface area contributed by atoms with Crippen molar-refractivity contribution < 1.29 is 19.4 Å². The van der Waals surface area contributed by atoms with Crippen LogP contribution >= 0.6 is 0 Å². The molecule has 0 heterocycles. The normalized spacial score (nSPS) is 17.3. The third kappa shape index (κ3) is 0.887. The van der Waals surface area contributed by atoms with Gasteiger partial charge in [-0.05, 0) is 12.1 Å². The first-order valence-corrected chi connectivity index (χ1v) is 2.11. The lowest BCUT2D eigenvalue weighted by Crippen LogP contribution is -1.67. The summed E-state index contributed by atoms with van der Waals surface area (Å²) in [6, 6.07) is -1.71. The number of para-hydroxylation sites is 1. The molecule has 0 unspecified atom stereocenters. The van der Waals surface area contributed by atoms with Gasteiger partial charge in [0.25, 0.3) is 4.29 Å². The molecule has 3 heteroatoms. The van der Waals surface area contributed by atoms with E-state index in [0.29, 0.717) is 0 Å². The molecule has 0 spiro atoms. The zero-order valence-corrected chi connectivity index (χ0v) is 4.22. The van der Waals surface area contributed by atoms with Crippen molar-refractivity contribution in [3.63, 3.8) is 0 Å². The summed E-state index contributed by atoms with van der Waals surface area (Å²) < 4.78 is 41.8. The number of phenols is 3. The van der Waals surface area contributed by atoms with Crippen molar-refractivity contribution in [3.8, 4) is 17.2 Å². The van der Waals surface area contributed by atoms with Gasteiger partial charge in [-0.2, -0.15) is 0 Å². The van der Waals surface area contributed by atoms with Crippen molar-refractivity contribution in [2.45, 2.75) is 0 Å². The van der Waals surface area contributed by atoms with Crippen LogP contribution < -0.4 is 0 Å². The maximum absolute atomic E-state index is 7.32. The first-order valence-electron chi connectivity index (χ1n) is 4.84. The van der Waals surface area contributed by atoms with E-state index in [1.165, 1.54) is 0 Å². The van der Waals surface area contributed by atoms with Crippen LogP contribution in [0, 0.1) is 0 Å². The molecule has 0 atom stereocenters. The second-order valence-corrected chi connectivity index (χ2v) is 1.36. The molecule has 3 N–H and O–H groups in total. The lowest BCUT2D eigenvalue weighted by Gasteiger charge is -1.96. The minimum absolute atomic E-state index is 0.534. The first-order chi connectivity index (χ1) is 7.08. The molecule has 3 nitrogen and oxygen atoms in total. The lowest BCUT2D eigenvalue weighted by atomic mass is 10.3. The fourth-order valence-electron chi connectivity index (χ4n) is 0.361. The molecule has 0 aliphatic carbocycles. The third-order valence-electron chi connectivity index (χ3n) is 0.765. The highest BCUT2D eigenvalue weighted by Crippen LogP contribution is 2.32. The Bertz CT molecular complexity index is 351. The van der Waals surface area contributed by atoms with Gasteiger partial charge in [0.05, 0.1) is 4.11 Å². The monoisotopic (exact) mass is 132 g/mol. The highest BCUT2D eigenvalue weighted by Gasteiger charge is 2.00. The molecular formula is C6H6O3. The molecule has 1 aromatic rings. The first kappa shape index (κ1) is 1.80. The van der Waals surface area contributed by atoms with Crippen molar-refractivity contribution in [2.75, 3.05) is 0 Å². The second kappa shape index (κ2) is 1.85. The van der Waals surface area contributed by atoms with Crippen LogP contribution in [0.25, 0.3) is 0 Å². The van der Waals surface area contributed by atoms with Gasteiger partial charge in [0.15, 0.2) is 17.2 Å². The molecule has 9 heavy (non-hydrogen) atoms. The van der Waals surface area contributed by atoms with E-state index in [1.54, 1.807) is 0 Å². The summed E-state index contributed by atoms with van der Waals surface area (Å²) in [5.41, 5.74) is 0. The minimum Gasteiger partial charge on any atom is -0.504 e. The van der Waals surface area contributed by atoms with E-state index in [1.807, 2.05) is 0 Å². The Labute approximate surface area is 60.5 Å². The van der Waals surface area contributed by atoms with Gasteiger partial charge >= 0.3 is 0 Å². The molecular weight excluding hydrogens is 120 g/mol. The predicted molar refractivity (Wildman–Crippen MR) is 31.4 cm³/mol. The summed E-state index contributed by atoms with van der Waals surface area (Å²) >= 11 is 0. The van der Waals surface area contributed by atoms with Crippen molar-refractivity contribution >= 4 is 0 Å². The Hall–Kier alpha value is -1.38. The summed E-state index contributed by atoms with van der Waals surface area (Å²) in [6.45, 7) is 0. The van der Waals surface area contributed by atoms with Gasteiger partial charge in [-0.1, -0.05) is 6.04 Å². The van der Waals surface area contributed by atoms with E-state index in [4.69, 9.17) is 8.41 Å². The third-order valence-corrected chi connectivity index (χ3v) is 0.765. The molecule has 0 aromatic heterocycles. The van der Waals surface area contributed by atoms with Crippen LogP contribution in [-0.4, -0.2) is 19.6 Å². The average molecular weight is 132 g/mol. The van der Waals surface area contributed by atoms with Crippen LogP contribution in [0.2, 0.25) is 0 Å². The number of hydrogen-bond donors (Lipinski definition) is 3. The molecule has 1 aromatic carbocycles. The van der Waals surface area contributed by atoms with E-state index in [-0.39, 0.29) is 0 Å². The SMILES string of the molecule is [2H]Oc1c([2H])c([2H])c([2H])c(O[2H])c1O[2H]. The quantitative estimate of drug-likeness (QED) is 0.533. The van der Waals surface area contributed by atoms with E-state index in [9.17, 15) is 0 Å². The Morgan fingerprint density at radius 3 is 2.33 bits per heavy atom. The van der Waals surface area contributed by atoms with Gasteiger partial charge in [-0.3, -0.25) is 0 Å². The number of aromatic hydroxyl groups is 3. The van der Waals surface area contributed by atoms with Gasteiger partial charge in [0.2, 0.25) is 0 Å². The second-order valence-electron chi connectivity index (χ2n) is 1.36. The molecule has 0 saturated carbocycles. The largest absolute Gasteiger partial charge is 0.504 e. The fourth-order valence-corrected chi connectivity index (χ4v) is 0.361. The zero-order chi connectivity index (χ0) is 11.6. The van der Waals surface area contributed by atoms with Crippen LogP contribution in [0.15, 0.2) is 18.1 Å². The summed E-state index contributed by atoms with van der Waals surface area (Å²) in [5, 5.41) is 12.0. The lowest BCUT2D eigenvalue weighted by molar-refractivity contribution is 0.368. The maximum atomic E-state index is 7.32. The summed E-state index contributed by atoms with van der Waals surface area (Å²) in [5.74, 6) is -1.60. The standard InChI is InChI=1S/C6H6O3/c7-4-2-1-3-5(8)6(4)9/h1-3,7-9H/i1D,2D,3D/hD3. The summed E-state index contributed by atoms with van der Waals surface area (Å²) in [4.78, 5) is 0. The fraction of sp³-hybridized carbons (Fsp3) is 0. The van der Waals surface area contributed by atoms with Gasteiger partial charge in [-0.25, -0.2) is 0 Å². The van der Waals surface area contributed by atoms with Crippen LogP contribution in [0.4, 0.5) is 0 Å². The average Bonchev–Trinajstić information content (AvgIpc) is 2.25. The summed E-state index contributed by atoms with van der Waals surface area (Å²) in [6.07, 6.45) is 0. The van der Waals surface area contributed by atoms with Gasteiger partial charge in [0.1, 0.15) is 0 Å². The molecule has 0 amide bonds. The maximum Gasteiger partial charge on any atom is 0.293 e. The van der Waals surface area contributed by atoms with Crippen LogP contribution in [0.3, 0.4) is 0 Å². The Morgan fingerprint density at radius 2 is 1.89 bits per heavy atom. The number of benzene rings is 1. The van der Waals surface area contributed by atoms with Crippen molar-refractivity contribution in [1.82, 2.24) is 0 Å². The van der Waals surface area contributed by atoms with Crippen molar-refractivity contribution in [3.05, 3.63) is 18.1 Å². The van der Waals surface area contributed by atoms with E-state index in [2.05, 4.69) is 15.3 Å². The molecule has 1 rings (SSSR count). The molecule has 0 aliphatic rings. The number of phenolic OH excluding ortho intramolecular Hbond substituents is 3. The van der Waals surface area contributed by atoms with Crippen LogP contribution in [0.5, 0.6) is 17.2 Å². The number of hydrogen-bond acceptors (Lipinski definition) is 3. The van der Waals surface area contributed by atoms with Crippen LogP contribution in [0.1, 0.15) is 4.11 Å². The van der Waals surface area contributed by atoms with Crippen molar-refractivity contribution in [1.29, 1.82) is 4.29 Å². The molecule has 48 valence electrons. The summed E-state index contributed by atoms with van der Waals surface area (Å²) in [7, 11) is 0. The van der Waals surface area contributed by atoms with E-state index < -0.39 is 35.4 Å². The van der Waals surface area contributed by atoms with Gasteiger partial charge in [-0.15, -0.1) is 0 Å². The Morgan fingerprint density at radius 1 is 1.22 bits per heavy atom. The van der Waals surface area contributed by atoms with Crippen molar-refractivity contribution in [2.24, 2.45) is 0 Å². The van der Waals surface area contributed by atoms with E-state index in [0.717, 1.165) is 0 Å². The molecule has 0 saturated heterocycles. The zero-order valence-electron chi connectivity index (χ0n) is 10.2. The molecule has 0 fully saturated rings. The highest BCUT2D eigenvalue weighted by atomic mass is 16.3. The Kier molecular flexibility index (Phi) is 0.371. The minimum atomic E-state index is -0.571. The molecule has 0 aliphatic heterocycles. The smallest absolute Gasteiger partial charge is 0.293 e. The Balaban J connectivity index is 3.59. The van der Waals surface area contributed by atoms with Crippen LogP contribution in [-0.2, 0) is 0 Å². The van der Waals surface area contributed by atoms with Gasteiger partial charge in [0, 0.05) is 0 Å². The predicted octanol–water partition coefficient (Wildman–Crippen LogP) is 0.803. The topological polar surface area (TPSA) is 60.7 Å². The van der Waals surface area contributed by atoms with E-state index >= 15 is 0 Å². The number of rotatable bonds is 3. The van der Waals surface area contributed by atoms with Gasteiger partial charge < -0.3 is 15.3 Å². The molecule has 0 bridgehead atoms. The molecule has 0 radical (unpaired) electrons. The highest BCUT2D eigenvalue weighted by molar-refractivity contribution is 5.47.